The van der Waals surface area contributed by atoms with Gasteiger partial charge in [0.1, 0.15) is 6.10 Å². The van der Waals surface area contributed by atoms with E-state index < -0.39 is 0 Å². The summed E-state index contributed by atoms with van der Waals surface area (Å²) in [5.41, 5.74) is 0. The van der Waals surface area contributed by atoms with E-state index in [0.717, 1.165) is 32.7 Å². The third-order valence-electron chi connectivity index (χ3n) is 3.23. The van der Waals surface area contributed by atoms with Gasteiger partial charge in [-0.15, -0.1) is 12.4 Å². The maximum absolute atomic E-state index is 6.01. The quantitative estimate of drug-likeness (QED) is 0.795. The molecule has 0 radical (unpaired) electrons. The molecule has 112 valence electrons. The Balaban J connectivity index is 0.00000147. The molecular weight excluding hydrogens is 303 g/mol. The average Bonchev–Trinajstić information content (AvgIpc) is 2.48. The molecule has 0 bridgehead atoms. The molecule has 0 amide bonds. The van der Waals surface area contributed by atoms with Gasteiger partial charge in [-0.2, -0.15) is 15.0 Å². The van der Waals surface area contributed by atoms with Crippen molar-refractivity contribution in [2.45, 2.75) is 6.10 Å². The fourth-order valence-electron chi connectivity index (χ4n) is 2.24. The van der Waals surface area contributed by atoms with Crippen molar-refractivity contribution in [3.8, 4) is 0 Å². The van der Waals surface area contributed by atoms with Crippen molar-refractivity contribution < 1.29 is 4.74 Å². The number of ether oxygens (including phenoxy) is 1. The van der Waals surface area contributed by atoms with Crippen molar-refractivity contribution in [1.82, 2.24) is 25.6 Å². The van der Waals surface area contributed by atoms with Gasteiger partial charge in [0.25, 0.3) is 0 Å². The number of halogens is 2. The van der Waals surface area contributed by atoms with Gasteiger partial charge in [0.05, 0.1) is 6.61 Å². The number of morpholine rings is 1. The molecule has 0 saturated carbocycles. The largest absolute Gasteiger partial charge is 0.368 e. The van der Waals surface area contributed by atoms with Crippen molar-refractivity contribution >= 4 is 30.0 Å². The fourth-order valence-corrected chi connectivity index (χ4v) is 2.40. The molecule has 1 aromatic rings. The highest BCUT2D eigenvalue weighted by Crippen LogP contribution is 2.19. The molecule has 3 heterocycles. The summed E-state index contributed by atoms with van der Waals surface area (Å²) in [5.74, 6) is 1.26. The maximum Gasteiger partial charge on any atom is 0.230 e. The first-order valence-electron chi connectivity index (χ1n) is 6.52. The van der Waals surface area contributed by atoms with Crippen LogP contribution in [0.1, 0.15) is 11.9 Å². The zero-order chi connectivity index (χ0) is 13.1. The number of nitrogens with zero attached hydrogens (tertiary/aromatic N) is 4. The first kappa shape index (κ1) is 15.7. The molecule has 2 fully saturated rings. The standard InChI is InChI=1S/C11H17ClN6O.ClH/c12-10-15-9(8-7-14-3-6-19-8)16-11(17-10)18-4-1-13-2-5-18;/h8,13-14H,1-7H2;1H. The van der Waals surface area contributed by atoms with Crippen LogP contribution in [0.2, 0.25) is 5.28 Å². The number of piperazine rings is 1. The van der Waals surface area contributed by atoms with Crippen LogP contribution in [-0.4, -0.2) is 60.8 Å². The molecule has 9 heteroatoms. The second-order valence-electron chi connectivity index (χ2n) is 4.56. The van der Waals surface area contributed by atoms with E-state index in [4.69, 9.17) is 16.3 Å². The number of rotatable bonds is 2. The van der Waals surface area contributed by atoms with E-state index >= 15 is 0 Å². The Morgan fingerprint density at radius 2 is 1.90 bits per heavy atom. The maximum atomic E-state index is 6.01. The monoisotopic (exact) mass is 320 g/mol. The summed E-state index contributed by atoms with van der Waals surface area (Å²) in [4.78, 5) is 15.0. The van der Waals surface area contributed by atoms with Gasteiger partial charge in [0.15, 0.2) is 5.82 Å². The highest BCUT2D eigenvalue weighted by atomic mass is 35.5. The molecule has 2 aliphatic rings. The second-order valence-corrected chi connectivity index (χ2v) is 4.90. The van der Waals surface area contributed by atoms with Gasteiger partial charge >= 0.3 is 0 Å². The predicted molar refractivity (Wildman–Crippen MR) is 78.7 cm³/mol. The summed E-state index contributed by atoms with van der Waals surface area (Å²) in [7, 11) is 0. The number of anilines is 1. The van der Waals surface area contributed by atoms with E-state index in [-0.39, 0.29) is 23.8 Å². The topological polar surface area (TPSA) is 75.2 Å². The van der Waals surface area contributed by atoms with Crippen molar-refractivity contribution in [2.75, 3.05) is 50.8 Å². The molecule has 2 aliphatic heterocycles. The van der Waals surface area contributed by atoms with Crippen LogP contribution < -0.4 is 15.5 Å². The van der Waals surface area contributed by atoms with E-state index in [1.807, 2.05) is 0 Å². The van der Waals surface area contributed by atoms with Gasteiger partial charge in [-0.25, -0.2) is 0 Å². The van der Waals surface area contributed by atoms with Crippen LogP contribution in [0.5, 0.6) is 0 Å². The Morgan fingerprint density at radius 3 is 2.60 bits per heavy atom. The first-order valence-corrected chi connectivity index (χ1v) is 6.90. The third-order valence-corrected chi connectivity index (χ3v) is 3.40. The molecule has 3 rings (SSSR count). The minimum atomic E-state index is -0.143. The van der Waals surface area contributed by atoms with Crippen LogP contribution in [0.15, 0.2) is 0 Å². The van der Waals surface area contributed by atoms with Crippen LogP contribution >= 0.6 is 24.0 Å². The number of nitrogens with one attached hydrogen (secondary N) is 2. The highest BCUT2D eigenvalue weighted by molar-refractivity contribution is 6.28. The Morgan fingerprint density at radius 1 is 1.10 bits per heavy atom. The zero-order valence-electron chi connectivity index (χ0n) is 11.0. The minimum absolute atomic E-state index is 0. The minimum Gasteiger partial charge on any atom is -0.368 e. The van der Waals surface area contributed by atoms with Crippen molar-refractivity contribution in [1.29, 1.82) is 0 Å². The molecule has 1 unspecified atom stereocenters. The molecule has 7 nitrogen and oxygen atoms in total. The lowest BCUT2D eigenvalue weighted by Crippen LogP contribution is -2.44. The lowest BCUT2D eigenvalue weighted by Gasteiger charge is -2.28. The summed E-state index contributed by atoms with van der Waals surface area (Å²) in [5, 5.41) is 6.79. The van der Waals surface area contributed by atoms with Gasteiger partial charge in [0, 0.05) is 39.3 Å². The Kier molecular flexibility index (Phi) is 5.74. The predicted octanol–water partition coefficient (Wildman–Crippen LogP) is 0.0173. The summed E-state index contributed by atoms with van der Waals surface area (Å²) in [6, 6.07) is 0. The molecular formula is C11H18Cl2N6O. The van der Waals surface area contributed by atoms with Gasteiger partial charge in [-0.05, 0) is 11.6 Å². The van der Waals surface area contributed by atoms with E-state index in [9.17, 15) is 0 Å². The normalized spacial score (nSPS) is 23.2. The lowest BCUT2D eigenvalue weighted by molar-refractivity contribution is 0.0220. The Labute approximate surface area is 128 Å². The van der Waals surface area contributed by atoms with E-state index in [2.05, 4.69) is 30.5 Å². The van der Waals surface area contributed by atoms with Crippen LogP contribution in [0.3, 0.4) is 0 Å². The number of hydrogen-bond donors (Lipinski definition) is 2. The molecule has 1 aromatic heterocycles. The summed E-state index contributed by atoms with van der Waals surface area (Å²) >= 11 is 6.01. The van der Waals surface area contributed by atoms with Crippen molar-refractivity contribution in [2.24, 2.45) is 0 Å². The molecule has 0 spiro atoms. The second kappa shape index (κ2) is 7.33. The summed E-state index contributed by atoms with van der Waals surface area (Å²) in [6.45, 7) is 5.85. The van der Waals surface area contributed by atoms with Crippen molar-refractivity contribution in [3.63, 3.8) is 0 Å². The fraction of sp³-hybridized carbons (Fsp3) is 0.727. The number of hydrogen-bond acceptors (Lipinski definition) is 7. The molecule has 1 atom stereocenters. The molecule has 0 aromatic carbocycles. The Hall–Kier alpha value is -0.730. The molecule has 20 heavy (non-hydrogen) atoms. The van der Waals surface area contributed by atoms with Gasteiger partial charge < -0.3 is 20.3 Å². The van der Waals surface area contributed by atoms with Crippen LogP contribution in [0.4, 0.5) is 5.95 Å². The molecule has 2 saturated heterocycles. The smallest absolute Gasteiger partial charge is 0.230 e. The lowest BCUT2D eigenvalue weighted by atomic mass is 10.3. The van der Waals surface area contributed by atoms with E-state index in [0.29, 0.717) is 24.9 Å². The van der Waals surface area contributed by atoms with Crippen LogP contribution in [-0.2, 0) is 4.74 Å². The third kappa shape index (κ3) is 3.67. The highest BCUT2D eigenvalue weighted by Gasteiger charge is 2.22. The first-order chi connectivity index (χ1) is 9.33. The van der Waals surface area contributed by atoms with E-state index in [1.165, 1.54) is 0 Å². The molecule has 2 N–H and O–H groups in total. The summed E-state index contributed by atoms with van der Waals surface area (Å²) in [6.07, 6.45) is -0.143. The van der Waals surface area contributed by atoms with Gasteiger partial charge in [-0.3, -0.25) is 0 Å². The molecule has 0 aliphatic carbocycles. The summed E-state index contributed by atoms with van der Waals surface area (Å²) < 4.78 is 5.66. The number of aromatic nitrogens is 3. The van der Waals surface area contributed by atoms with E-state index in [1.54, 1.807) is 0 Å². The zero-order valence-corrected chi connectivity index (χ0v) is 12.6. The van der Waals surface area contributed by atoms with Crippen LogP contribution in [0, 0.1) is 0 Å². The Bertz CT molecular complexity index is 401. The van der Waals surface area contributed by atoms with Crippen LogP contribution in [0.25, 0.3) is 0 Å². The SMILES string of the molecule is Cl.Clc1nc(C2CNCCO2)nc(N2CCNCC2)n1. The van der Waals surface area contributed by atoms with Gasteiger partial charge in [-0.1, -0.05) is 0 Å². The average molecular weight is 321 g/mol. The van der Waals surface area contributed by atoms with Crippen molar-refractivity contribution in [3.05, 3.63) is 11.1 Å². The van der Waals surface area contributed by atoms with Gasteiger partial charge in [0.2, 0.25) is 11.2 Å².